The normalized spacial score (nSPS) is 21.3. The van der Waals surface area contributed by atoms with E-state index in [2.05, 4.69) is 36.4 Å². The molecule has 3 nitrogen and oxygen atoms in total. The van der Waals surface area contributed by atoms with Crippen molar-refractivity contribution in [2.75, 3.05) is 6.54 Å². The summed E-state index contributed by atoms with van der Waals surface area (Å²) in [7, 11) is 2.02. The molecule has 2 heterocycles. The largest absolute Gasteiger partial charge is 0.314 e. The van der Waals surface area contributed by atoms with Crippen LogP contribution >= 0.6 is 0 Å². The molecule has 1 aromatic rings. The lowest BCUT2D eigenvalue weighted by molar-refractivity contribution is 0.399. The van der Waals surface area contributed by atoms with Crippen LogP contribution in [0.4, 0.5) is 0 Å². The van der Waals surface area contributed by atoms with Crippen LogP contribution in [0.2, 0.25) is 0 Å². The molecular formula is C15H25N3. The molecule has 0 amide bonds. The van der Waals surface area contributed by atoms with Crippen LogP contribution in [-0.4, -0.2) is 22.4 Å². The van der Waals surface area contributed by atoms with Crippen LogP contribution in [0.25, 0.3) is 6.08 Å². The Balaban J connectivity index is 1.99. The van der Waals surface area contributed by atoms with Gasteiger partial charge in [-0.2, -0.15) is 5.10 Å². The summed E-state index contributed by atoms with van der Waals surface area (Å²) < 4.78 is 1.98. The van der Waals surface area contributed by atoms with Crippen LogP contribution in [0.5, 0.6) is 0 Å². The number of rotatable bonds is 4. The number of aromatic nitrogens is 2. The van der Waals surface area contributed by atoms with Gasteiger partial charge >= 0.3 is 0 Å². The highest BCUT2D eigenvalue weighted by atomic mass is 15.3. The summed E-state index contributed by atoms with van der Waals surface area (Å²) in [5.41, 5.74) is 3.84. The molecule has 0 bridgehead atoms. The van der Waals surface area contributed by atoms with Crippen LogP contribution in [0.1, 0.15) is 50.9 Å². The molecule has 100 valence electrons. The van der Waals surface area contributed by atoms with Gasteiger partial charge in [-0.1, -0.05) is 18.9 Å². The first-order chi connectivity index (χ1) is 8.69. The predicted molar refractivity (Wildman–Crippen MR) is 76.5 cm³/mol. The Morgan fingerprint density at radius 1 is 1.56 bits per heavy atom. The molecule has 1 saturated heterocycles. The van der Waals surface area contributed by atoms with Crippen molar-refractivity contribution in [2.24, 2.45) is 7.05 Å². The van der Waals surface area contributed by atoms with Gasteiger partial charge < -0.3 is 5.32 Å². The lowest BCUT2D eigenvalue weighted by atomic mass is 9.98. The molecule has 0 spiro atoms. The van der Waals surface area contributed by atoms with Gasteiger partial charge in [-0.15, -0.1) is 0 Å². The fourth-order valence-electron chi connectivity index (χ4n) is 2.65. The number of nitrogens with one attached hydrogen (secondary N) is 1. The molecular weight excluding hydrogens is 222 g/mol. The highest BCUT2D eigenvalue weighted by Crippen LogP contribution is 2.17. The van der Waals surface area contributed by atoms with Crippen molar-refractivity contribution < 1.29 is 0 Å². The fraction of sp³-hybridized carbons (Fsp3) is 0.667. The molecule has 1 aliphatic rings. The maximum absolute atomic E-state index is 4.49. The van der Waals surface area contributed by atoms with Crippen molar-refractivity contribution in [3.8, 4) is 0 Å². The van der Waals surface area contributed by atoms with E-state index in [-0.39, 0.29) is 0 Å². The van der Waals surface area contributed by atoms with E-state index in [4.69, 9.17) is 0 Å². The van der Waals surface area contributed by atoms with Gasteiger partial charge in [-0.25, -0.2) is 0 Å². The third-order valence-corrected chi connectivity index (χ3v) is 3.70. The average Bonchev–Trinajstić information content (AvgIpc) is 2.71. The van der Waals surface area contributed by atoms with E-state index in [1.807, 2.05) is 11.7 Å². The van der Waals surface area contributed by atoms with Crippen LogP contribution in [0.3, 0.4) is 0 Å². The van der Waals surface area contributed by atoms with Crippen molar-refractivity contribution in [3.63, 3.8) is 0 Å². The molecule has 0 radical (unpaired) electrons. The van der Waals surface area contributed by atoms with Crippen molar-refractivity contribution in [1.29, 1.82) is 0 Å². The van der Waals surface area contributed by atoms with E-state index in [0.717, 1.165) is 12.8 Å². The van der Waals surface area contributed by atoms with E-state index >= 15 is 0 Å². The zero-order chi connectivity index (χ0) is 13.0. The second-order valence-electron chi connectivity index (χ2n) is 5.38. The Kier molecular flexibility index (Phi) is 4.59. The zero-order valence-corrected chi connectivity index (χ0v) is 11.9. The number of aryl methyl sites for hydroxylation is 2. The quantitative estimate of drug-likeness (QED) is 0.886. The predicted octanol–water partition coefficient (Wildman–Crippen LogP) is 2.92. The standard InChI is InChI=1S/C15H25N3/c1-4-13-11-15(18(3)17-13)10-12(2)9-14-7-5-6-8-16-14/h10-11,14,16H,4-9H2,1-3H3/b12-10-. The third-order valence-electron chi connectivity index (χ3n) is 3.70. The summed E-state index contributed by atoms with van der Waals surface area (Å²) in [4.78, 5) is 0. The molecule has 0 aliphatic carbocycles. The molecule has 1 atom stereocenters. The first-order valence-corrected chi connectivity index (χ1v) is 7.12. The van der Waals surface area contributed by atoms with E-state index in [1.165, 1.54) is 42.8 Å². The smallest absolute Gasteiger partial charge is 0.0628 e. The van der Waals surface area contributed by atoms with E-state index in [9.17, 15) is 0 Å². The average molecular weight is 247 g/mol. The summed E-state index contributed by atoms with van der Waals surface area (Å²) in [6.07, 6.45) is 8.47. The van der Waals surface area contributed by atoms with Gasteiger partial charge in [0.25, 0.3) is 0 Å². The lowest BCUT2D eigenvalue weighted by Gasteiger charge is -2.23. The minimum atomic E-state index is 0.675. The van der Waals surface area contributed by atoms with Crippen molar-refractivity contribution in [2.45, 2.75) is 52.0 Å². The highest BCUT2D eigenvalue weighted by molar-refractivity contribution is 5.49. The summed E-state index contributed by atoms with van der Waals surface area (Å²) >= 11 is 0. The minimum Gasteiger partial charge on any atom is -0.314 e. The molecule has 1 aliphatic heterocycles. The Morgan fingerprint density at radius 3 is 3.00 bits per heavy atom. The summed E-state index contributed by atoms with van der Waals surface area (Å²) in [6.45, 7) is 5.56. The first kappa shape index (κ1) is 13.3. The third kappa shape index (κ3) is 3.45. The highest BCUT2D eigenvalue weighted by Gasteiger charge is 2.12. The summed E-state index contributed by atoms with van der Waals surface area (Å²) in [5.74, 6) is 0. The number of hydrogen-bond donors (Lipinski definition) is 1. The molecule has 1 N–H and O–H groups in total. The number of nitrogens with zero attached hydrogens (tertiary/aromatic N) is 2. The maximum Gasteiger partial charge on any atom is 0.0628 e. The number of piperidine rings is 1. The molecule has 0 aromatic carbocycles. The summed E-state index contributed by atoms with van der Waals surface area (Å²) in [6, 6.07) is 2.87. The van der Waals surface area contributed by atoms with Crippen molar-refractivity contribution in [1.82, 2.24) is 15.1 Å². The molecule has 1 fully saturated rings. The fourth-order valence-corrected chi connectivity index (χ4v) is 2.65. The van der Waals surface area contributed by atoms with Crippen LogP contribution in [0.15, 0.2) is 11.6 Å². The first-order valence-electron chi connectivity index (χ1n) is 7.12. The molecule has 18 heavy (non-hydrogen) atoms. The van der Waals surface area contributed by atoms with Crippen LogP contribution < -0.4 is 5.32 Å². The Labute approximate surface area is 110 Å². The van der Waals surface area contributed by atoms with Gasteiger partial charge in [0.2, 0.25) is 0 Å². The molecule has 1 unspecified atom stereocenters. The van der Waals surface area contributed by atoms with Crippen molar-refractivity contribution >= 4 is 6.08 Å². The van der Waals surface area contributed by atoms with E-state index in [0.29, 0.717) is 6.04 Å². The lowest BCUT2D eigenvalue weighted by Crippen LogP contribution is -2.33. The SMILES string of the molecule is CCc1cc(/C=C(/C)CC2CCCCN2)n(C)n1. The van der Waals surface area contributed by atoms with Gasteiger partial charge in [-0.05, 0) is 51.3 Å². The topological polar surface area (TPSA) is 29.9 Å². The number of hydrogen-bond acceptors (Lipinski definition) is 2. The second-order valence-corrected chi connectivity index (χ2v) is 5.38. The zero-order valence-electron chi connectivity index (χ0n) is 11.9. The molecule has 2 rings (SSSR count). The van der Waals surface area contributed by atoms with Gasteiger partial charge in [0, 0.05) is 13.1 Å². The Morgan fingerprint density at radius 2 is 2.39 bits per heavy atom. The van der Waals surface area contributed by atoms with E-state index < -0.39 is 0 Å². The van der Waals surface area contributed by atoms with Crippen molar-refractivity contribution in [3.05, 3.63) is 23.0 Å². The molecule has 1 aromatic heterocycles. The minimum absolute atomic E-state index is 0.675. The maximum atomic E-state index is 4.49. The van der Waals surface area contributed by atoms with Gasteiger partial charge in [-0.3, -0.25) is 4.68 Å². The summed E-state index contributed by atoms with van der Waals surface area (Å²) in [5, 5.41) is 8.09. The van der Waals surface area contributed by atoms with Gasteiger partial charge in [0.1, 0.15) is 0 Å². The molecule has 3 heteroatoms. The van der Waals surface area contributed by atoms with Crippen LogP contribution in [-0.2, 0) is 13.5 Å². The van der Waals surface area contributed by atoms with Gasteiger partial charge in [0.05, 0.1) is 11.4 Å². The van der Waals surface area contributed by atoms with E-state index in [1.54, 1.807) is 0 Å². The van der Waals surface area contributed by atoms with Gasteiger partial charge in [0.15, 0.2) is 0 Å². The Bertz CT molecular complexity index is 411. The monoisotopic (exact) mass is 247 g/mol. The molecule has 0 saturated carbocycles. The van der Waals surface area contributed by atoms with Crippen LogP contribution in [0, 0.1) is 0 Å². The Hall–Kier alpha value is -1.09. The second kappa shape index (κ2) is 6.19.